The van der Waals surface area contributed by atoms with Gasteiger partial charge in [0.15, 0.2) is 0 Å². The molecule has 0 unspecified atom stereocenters. The Morgan fingerprint density at radius 1 is 0.387 bits per heavy atom. The van der Waals surface area contributed by atoms with Crippen molar-refractivity contribution in [2.24, 2.45) is 0 Å². The molecule has 0 nitrogen and oxygen atoms in total. The predicted octanol–water partition coefficient (Wildman–Crippen LogP) is 8.45. The van der Waals surface area contributed by atoms with Crippen LogP contribution in [-0.4, -0.2) is 0 Å². The van der Waals surface area contributed by atoms with Gasteiger partial charge in [0, 0.05) is 25.8 Å². The van der Waals surface area contributed by atoms with Gasteiger partial charge < -0.3 is 0 Å². The van der Waals surface area contributed by atoms with E-state index in [-0.39, 0.29) is 25.8 Å². The van der Waals surface area contributed by atoms with Crippen molar-refractivity contribution < 1.29 is 25.8 Å². The van der Waals surface area contributed by atoms with E-state index in [0.29, 0.717) is 0 Å². The second-order valence-electron chi connectivity index (χ2n) is 7.48. The molecule has 0 bridgehead atoms. The second-order valence-corrected chi connectivity index (χ2v) is 7.48. The maximum absolute atomic E-state index is 2.24. The minimum absolute atomic E-state index is 0. The van der Waals surface area contributed by atoms with Crippen molar-refractivity contribution in [2.75, 3.05) is 0 Å². The minimum atomic E-state index is 0. The van der Waals surface area contributed by atoms with Crippen LogP contribution < -0.4 is 0 Å². The van der Waals surface area contributed by atoms with E-state index in [1.165, 1.54) is 43.8 Å². The zero-order chi connectivity index (χ0) is 20.2. The molecule has 6 aromatic carbocycles. The van der Waals surface area contributed by atoms with Crippen LogP contribution in [0.5, 0.6) is 0 Å². The molecule has 6 aromatic rings. The zero-order valence-electron chi connectivity index (χ0n) is 17.2. The van der Waals surface area contributed by atoms with E-state index in [0.717, 1.165) is 0 Å². The van der Waals surface area contributed by atoms with Gasteiger partial charge in [-0.15, -0.1) is 69.1 Å². The Labute approximate surface area is 202 Å². The van der Waals surface area contributed by atoms with Crippen LogP contribution in [0.2, 0.25) is 0 Å². The van der Waals surface area contributed by atoms with Gasteiger partial charge in [0.2, 0.25) is 0 Å². The third-order valence-corrected chi connectivity index (χ3v) is 5.45. The number of fused-ring (bicyclic) bond motifs is 2. The molecule has 0 N–H and O–H groups in total. The predicted molar refractivity (Wildman–Crippen MR) is 130 cm³/mol. The molecule has 1 heteroatoms. The maximum Gasteiger partial charge on any atom is 0 e. The fourth-order valence-corrected chi connectivity index (χ4v) is 3.90. The van der Waals surface area contributed by atoms with Crippen molar-refractivity contribution in [1.29, 1.82) is 0 Å². The van der Waals surface area contributed by atoms with Crippen molar-refractivity contribution in [1.82, 2.24) is 0 Å². The Morgan fingerprint density at radius 2 is 0.742 bits per heavy atom. The Balaban J connectivity index is 0.000000144. The van der Waals surface area contributed by atoms with Gasteiger partial charge in [0.25, 0.3) is 0 Å². The van der Waals surface area contributed by atoms with Crippen LogP contribution >= 0.6 is 0 Å². The Hall–Kier alpha value is -3.03. The molecule has 148 valence electrons. The SMILES string of the molecule is [Hf].c1ccc(-c2cc3ccccc3[cH-]2)cc1.c1ccc(-c2cc3ccccc3[cH-]2)cc1. The van der Waals surface area contributed by atoms with Crippen LogP contribution in [0.25, 0.3) is 43.8 Å². The van der Waals surface area contributed by atoms with Crippen molar-refractivity contribution in [2.45, 2.75) is 0 Å². The average molecular weight is 561 g/mol. The molecule has 0 aliphatic rings. The normalized spacial score (nSPS) is 10.3. The summed E-state index contributed by atoms with van der Waals surface area (Å²) in [6.45, 7) is 0. The molecule has 0 saturated heterocycles. The first-order valence-electron chi connectivity index (χ1n) is 10.3. The first-order chi connectivity index (χ1) is 14.9. The van der Waals surface area contributed by atoms with E-state index in [9.17, 15) is 0 Å². The summed E-state index contributed by atoms with van der Waals surface area (Å²) in [6.07, 6.45) is 0. The summed E-state index contributed by atoms with van der Waals surface area (Å²) >= 11 is 0. The van der Waals surface area contributed by atoms with Crippen molar-refractivity contribution in [3.05, 3.63) is 133 Å². The summed E-state index contributed by atoms with van der Waals surface area (Å²) in [5, 5.41) is 5.26. The van der Waals surface area contributed by atoms with E-state index in [1.807, 2.05) is 12.1 Å². The zero-order valence-corrected chi connectivity index (χ0v) is 20.8. The third kappa shape index (κ3) is 4.84. The fourth-order valence-electron chi connectivity index (χ4n) is 3.90. The Morgan fingerprint density at radius 3 is 1.13 bits per heavy atom. The fraction of sp³-hybridized carbons (Fsp3) is 0. The van der Waals surface area contributed by atoms with Crippen LogP contribution in [0, 0.1) is 0 Å². The summed E-state index contributed by atoms with van der Waals surface area (Å²) < 4.78 is 0. The molecule has 0 fully saturated rings. The average Bonchev–Trinajstić information content (AvgIpc) is 3.45. The first kappa shape index (κ1) is 21.2. The molecule has 31 heavy (non-hydrogen) atoms. The van der Waals surface area contributed by atoms with Crippen LogP contribution in [0.15, 0.2) is 133 Å². The van der Waals surface area contributed by atoms with E-state index < -0.39 is 0 Å². The van der Waals surface area contributed by atoms with Gasteiger partial charge in [-0.1, -0.05) is 108 Å². The quantitative estimate of drug-likeness (QED) is 0.147. The van der Waals surface area contributed by atoms with Crippen LogP contribution in [0.3, 0.4) is 0 Å². The van der Waals surface area contributed by atoms with E-state index in [1.54, 1.807) is 0 Å². The topological polar surface area (TPSA) is 0 Å². The van der Waals surface area contributed by atoms with Crippen LogP contribution in [0.1, 0.15) is 0 Å². The molecule has 0 heterocycles. The van der Waals surface area contributed by atoms with Crippen molar-refractivity contribution >= 4 is 21.5 Å². The Bertz CT molecular complexity index is 1200. The van der Waals surface area contributed by atoms with Crippen molar-refractivity contribution in [3.8, 4) is 22.3 Å². The largest absolute Gasteiger partial charge is 0.145 e. The molecular formula is C30H22Hf-2. The summed E-state index contributed by atoms with van der Waals surface area (Å²) in [5.41, 5.74) is 5.18. The van der Waals surface area contributed by atoms with Gasteiger partial charge in [-0.3, -0.25) is 0 Å². The van der Waals surface area contributed by atoms with Gasteiger partial charge in [0.05, 0.1) is 0 Å². The molecule has 0 aromatic heterocycles. The molecule has 0 radical (unpaired) electrons. The standard InChI is InChI=1S/2C15H11.Hf/c2*1-2-6-12(7-3-1)15-10-13-8-4-5-9-14(13)11-15;/h2*1-11H;/q2*-1;. The molecule has 0 aliphatic carbocycles. The second kappa shape index (κ2) is 9.85. The molecule has 6 rings (SSSR count). The molecule has 0 atom stereocenters. The molecule has 0 aliphatic heterocycles. The molecule has 0 spiro atoms. The summed E-state index contributed by atoms with van der Waals surface area (Å²) in [5.74, 6) is 0. The van der Waals surface area contributed by atoms with Gasteiger partial charge in [-0.05, 0) is 0 Å². The molecular weight excluding hydrogens is 539 g/mol. The summed E-state index contributed by atoms with van der Waals surface area (Å²) in [4.78, 5) is 0. The van der Waals surface area contributed by atoms with Gasteiger partial charge in [-0.25, -0.2) is 0 Å². The monoisotopic (exact) mass is 562 g/mol. The third-order valence-electron chi connectivity index (χ3n) is 5.45. The van der Waals surface area contributed by atoms with E-state index in [2.05, 4.69) is 121 Å². The first-order valence-corrected chi connectivity index (χ1v) is 10.3. The number of benzene rings is 4. The van der Waals surface area contributed by atoms with Crippen LogP contribution in [-0.2, 0) is 25.8 Å². The maximum atomic E-state index is 2.24. The van der Waals surface area contributed by atoms with E-state index in [4.69, 9.17) is 0 Å². The van der Waals surface area contributed by atoms with Crippen LogP contribution in [0.4, 0.5) is 0 Å². The van der Waals surface area contributed by atoms with Gasteiger partial charge in [-0.2, -0.15) is 0 Å². The smallest absolute Gasteiger partial charge is 0 e. The molecule has 0 amide bonds. The number of hydrogen-bond donors (Lipinski definition) is 0. The van der Waals surface area contributed by atoms with E-state index >= 15 is 0 Å². The van der Waals surface area contributed by atoms with Gasteiger partial charge in [0.1, 0.15) is 0 Å². The van der Waals surface area contributed by atoms with Gasteiger partial charge >= 0.3 is 0 Å². The van der Waals surface area contributed by atoms with Crippen molar-refractivity contribution in [3.63, 3.8) is 0 Å². The summed E-state index contributed by atoms with van der Waals surface area (Å²) in [7, 11) is 0. The number of hydrogen-bond acceptors (Lipinski definition) is 0. The number of rotatable bonds is 2. The Kier molecular flexibility index (Phi) is 6.74. The molecule has 0 saturated carbocycles. The summed E-state index contributed by atoms with van der Waals surface area (Å²) in [6, 6.07) is 46.9. The minimum Gasteiger partial charge on any atom is -0.145 e.